The number of allylic oxidation sites excluding steroid dienone is 3. The summed E-state index contributed by atoms with van der Waals surface area (Å²) in [7, 11) is 3.17. The Hall–Kier alpha value is -6.85. The summed E-state index contributed by atoms with van der Waals surface area (Å²) in [6.45, 7) is 6.06. The Morgan fingerprint density at radius 3 is 2.37 bits per heavy atom. The van der Waals surface area contributed by atoms with Gasteiger partial charge in [-0.1, -0.05) is 45.0 Å². The van der Waals surface area contributed by atoms with E-state index >= 15 is 0 Å². The van der Waals surface area contributed by atoms with Crippen LogP contribution in [-0.4, -0.2) is 102 Å². The molecule has 18 nitrogen and oxygen atoms in total. The molecular formula is C53H68N6O12. The molecule has 0 radical (unpaired) electrons. The van der Waals surface area contributed by atoms with Crippen LogP contribution in [0, 0.1) is 11.3 Å². The standard InChI is InChI=1S/C53H68N6O12/c1-6-53(2,3)48(64)51(67)58-29-10-8-18-40(58)52(68)71-41(25-22-33-23-26-42(69-4)43(30-33)70-5)34-14-11-15-35(31-34)55-45(61)21-13-20-44(60)54-28-9-7-19-46(62)56-38-17-12-16-36-37(38)32-59(50(36)66)39-24-27-47(63)57-49(39)65/h11-12,14-17,23,26,31,33,39-41H,6-10,13,18-22,24-25,27-30,32H2,1-5H3,(H,54,60)(H,55,61)(H,56,62)(H,57,63,65)/t33?,39?,40-,41+/m0/s1. The number of piperidine rings is 2. The number of carbonyl (C=O) groups is 9. The number of hydrogen-bond donors (Lipinski definition) is 4. The molecule has 71 heavy (non-hydrogen) atoms. The van der Waals surface area contributed by atoms with Gasteiger partial charge in [0.2, 0.25) is 35.3 Å². The van der Waals surface area contributed by atoms with Gasteiger partial charge >= 0.3 is 5.97 Å². The minimum atomic E-state index is -0.913. The summed E-state index contributed by atoms with van der Waals surface area (Å²) in [5.74, 6) is -2.38. The molecule has 0 aromatic heterocycles. The van der Waals surface area contributed by atoms with Crippen molar-refractivity contribution in [2.45, 2.75) is 142 Å². The predicted octanol–water partition coefficient (Wildman–Crippen LogP) is 6.31. The zero-order chi connectivity index (χ0) is 51.2. The largest absolute Gasteiger partial charge is 0.497 e. The molecule has 2 aromatic rings. The van der Waals surface area contributed by atoms with Crippen LogP contribution in [0.2, 0.25) is 0 Å². The first-order valence-corrected chi connectivity index (χ1v) is 24.8. The molecule has 3 heterocycles. The number of benzene rings is 2. The van der Waals surface area contributed by atoms with Gasteiger partial charge in [-0.2, -0.15) is 0 Å². The van der Waals surface area contributed by atoms with Crippen LogP contribution in [0.3, 0.4) is 0 Å². The van der Waals surface area contributed by atoms with Gasteiger partial charge in [-0.3, -0.25) is 43.7 Å². The van der Waals surface area contributed by atoms with Gasteiger partial charge in [-0.05, 0) is 106 Å². The monoisotopic (exact) mass is 980 g/mol. The van der Waals surface area contributed by atoms with E-state index in [2.05, 4.69) is 21.3 Å². The second-order valence-corrected chi connectivity index (χ2v) is 19.2. The first kappa shape index (κ1) is 53.5. The van der Waals surface area contributed by atoms with Crippen molar-refractivity contribution in [3.05, 3.63) is 82.8 Å². The second-order valence-electron chi connectivity index (χ2n) is 19.2. The van der Waals surface area contributed by atoms with E-state index < -0.39 is 47.2 Å². The molecule has 2 fully saturated rings. The van der Waals surface area contributed by atoms with Crippen molar-refractivity contribution in [3.8, 4) is 0 Å². The molecule has 7 amide bonds. The molecule has 2 aromatic carbocycles. The average Bonchev–Trinajstić information content (AvgIpc) is 3.70. The number of methoxy groups -OCH3 is 2. The Morgan fingerprint density at radius 2 is 1.62 bits per heavy atom. The first-order chi connectivity index (χ1) is 34.0. The minimum absolute atomic E-state index is 0.0544. The van der Waals surface area contributed by atoms with Gasteiger partial charge in [0.15, 0.2) is 5.76 Å². The van der Waals surface area contributed by atoms with Crippen molar-refractivity contribution in [1.82, 2.24) is 20.4 Å². The Balaban J connectivity index is 0.961. The highest BCUT2D eigenvalue weighted by Gasteiger charge is 2.42. The number of nitrogens with zero attached hydrogens (tertiary/aromatic N) is 2. The van der Waals surface area contributed by atoms with E-state index in [-0.39, 0.29) is 87.1 Å². The van der Waals surface area contributed by atoms with E-state index in [1.54, 1.807) is 64.5 Å². The Bertz CT molecular complexity index is 2430. The Morgan fingerprint density at radius 1 is 0.873 bits per heavy atom. The summed E-state index contributed by atoms with van der Waals surface area (Å²) in [4.78, 5) is 120. The maximum Gasteiger partial charge on any atom is 0.329 e. The molecule has 0 saturated carbocycles. The van der Waals surface area contributed by atoms with Crippen molar-refractivity contribution in [1.29, 1.82) is 0 Å². The average molecular weight is 981 g/mol. The van der Waals surface area contributed by atoms with Crippen LogP contribution in [0.15, 0.2) is 66.1 Å². The van der Waals surface area contributed by atoms with Gasteiger partial charge in [-0.15, -0.1) is 0 Å². The molecule has 6 rings (SSSR count). The van der Waals surface area contributed by atoms with Gasteiger partial charge in [0.25, 0.3) is 11.8 Å². The first-order valence-electron chi connectivity index (χ1n) is 24.8. The number of Topliss-reactive ketones (excluding diaryl/α,β-unsaturated/α-hetero) is 1. The number of ketones is 1. The quantitative estimate of drug-likeness (QED) is 0.0415. The lowest BCUT2D eigenvalue weighted by molar-refractivity contribution is -0.164. The highest BCUT2D eigenvalue weighted by molar-refractivity contribution is 6.38. The van der Waals surface area contributed by atoms with E-state index in [9.17, 15) is 43.2 Å². The van der Waals surface area contributed by atoms with E-state index in [0.29, 0.717) is 104 Å². The van der Waals surface area contributed by atoms with Gasteiger partial charge in [-0.25, -0.2) is 4.79 Å². The van der Waals surface area contributed by atoms with Crippen LogP contribution < -0.4 is 21.3 Å². The minimum Gasteiger partial charge on any atom is -0.497 e. The maximum absolute atomic E-state index is 14.1. The third-order valence-electron chi connectivity index (χ3n) is 13.9. The van der Waals surface area contributed by atoms with Crippen LogP contribution in [0.5, 0.6) is 0 Å². The number of rotatable bonds is 23. The normalized spacial score (nSPS) is 19.3. The number of carbonyl (C=O) groups excluding carboxylic acids is 9. The summed E-state index contributed by atoms with van der Waals surface area (Å²) in [5.41, 5.74) is 1.75. The van der Waals surface area contributed by atoms with Crippen molar-refractivity contribution < 1.29 is 57.4 Å². The van der Waals surface area contributed by atoms with Crippen molar-refractivity contribution in [2.75, 3.05) is 37.9 Å². The number of imide groups is 1. The molecule has 0 bridgehead atoms. The van der Waals surface area contributed by atoms with Crippen LogP contribution in [0.4, 0.5) is 11.4 Å². The predicted molar refractivity (Wildman–Crippen MR) is 262 cm³/mol. The summed E-state index contributed by atoms with van der Waals surface area (Å²) in [5, 5.41) is 10.9. The van der Waals surface area contributed by atoms with Crippen LogP contribution in [-0.2, 0) is 59.1 Å². The number of hydrogen-bond acceptors (Lipinski definition) is 12. The number of likely N-dealkylation sites (tertiary alicyclic amines) is 1. The fraction of sp³-hybridized carbons (Fsp3) is 0.528. The number of esters is 1. The van der Waals surface area contributed by atoms with Gasteiger partial charge in [0.1, 0.15) is 23.9 Å². The van der Waals surface area contributed by atoms with E-state index in [1.165, 1.54) is 9.80 Å². The topological polar surface area (TPSA) is 236 Å². The molecule has 1 aliphatic carbocycles. The molecule has 2 saturated heterocycles. The molecule has 0 spiro atoms. The SMILES string of the molecule is CCC(C)(C)C(=O)C(=O)N1CCCC[C@H]1C(=O)O[C@H](CCC1C=CC(OC)=C(OC)C1)c1cccc(NC(=O)CCCC(=O)NCCCCC(=O)Nc2cccc3c2CN(C2CCC(=O)NC2=O)C3=O)c1. The molecule has 18 heteroatoms. The third kappa shape index (κ3) is 13.9. The van der Waals surface area contributed by atoms with Gasteiger partial charge in [0, 0.05) is 79.7 Å². The number of ether oxygens (including phenoxy) is 3. The summed E-state index contributed by atoms with van der Waals surface area (Å²) in [6.07, 6.45) is 9.03. The zero-order valence-electron chi connectivity index (χ0n) is 41.5. The molecule has 4 aliphatic rings. The van der Waals surface area contributed by atoms with Gasteiger partial charge < -0.3 is 40.0 Å². The molecular weight excluding hydrogens is 913 g/mol. The number of anilines is 2. The molecule has 4 N–H and O–H groups in total. The highest BCUT2D eigenvalue weighted by atomic mass is 16.5. The van der Waals surface area contributed by atoms with Crippen molar-refractivity contribution >= 4 is 64.5 Å². The maximum atomic E-state index is 14.1. The summed E-state index contributed by atoms with van der Waals surface area (Å²) >= 11 is 0. The number of nitrogens with one attached hydrogen (secondary N) is 4. The summed E-state index contributed by atoms with van der Waals surface area (Å²) in [6, 6.07) is 10.4. The molecule has 2 unspecified atom stereocenters. The number of fused-ring (bicyclic) bond motifs is 1. The second kappa shape index (κ2) is 24.8. The Labute approximate surface area is 415 Å². The fourth-order valence-corrected chi connectivity index (χ4v) is 9.26. The third-order valence-corrected chi connectivity index (χ3v) is 13.9. The highest BCUT2D eigenvalue weighted by Crippen LogP contribution is 2.35. The van der Waals surface area contributed by atoms with Crippen molar-refractivity contribution in [2.24, 2.45) is 11.3 Å². The van der Waals surface area contributed by atoms with Crippen LogP contribution in [0.1, 0.15) is 145 Å². The molecule has 4 atom stereocenters. The molecule has 382 valence electrons. The van der Waals surface area contributed by atoms with E-state index in [4.69, 9.17) is 14.2 Å². The van der Waals surface area contributed by atoms with Crippen LogP contribution in [0.25, 0.3) is 0 Å². The van der Waals surface area contributed by atoms with Crippen molar-refractivity contribution in [3.63, 3.8) is 0 Å². The Kier molecular flexibility index (Phi) is 18.7. The lowest BCUT2D eigenvalue weighted by atomic mass is 9.84. The fourth-order valence-electron chi connectivity index (χ4n) is 9.26. The number of unbranched alkanes of at least 4 members (excludes halogenated alkanes) is 1. The van der Waals surface area contributed by atoms with E-state index in [0.717, 1.165) is 0 Å². The van der Waals surface area contributed by atoms with Crippen LogP contribution >= 0.6 is 0 Å². The lowest BCUT2D eigenvalue weighted by Crippen LogP contribution is -2.53. The van der Waals surface area contributed by atoms with E-state index in [1.807, 2.05) is 25.1 Å². The smallest absolute Gasteiger partial charge is 0.329 e. The zero-order valence-corrected chi connectivity index (χ0v) is 41.5. The lowest BCUT2D eigenvalue weighted by Gasteiger charge is -2.36. The summed E-state index contributed by atoms with van der Waals surface area (Å²) < 4.78 is 17.3. The number of amides is 7. The molecule has 3 aliphatic heterocycles. The van der Waals surface area contributed by atoms with Gasteiger partial charge in [0.05, 0.1) is 14.2 Å².